The van der Waals surface area contributed by atoms with E-state index in [1.54, 1.807) is 84.9 Å². The van der Waals surface area contributed by atoms with Crippen LogP contribution in [0.25, 0.3) is 0 Å². The molecule has 0 aliphatic carbocycles. The second-order valence-corrected chi connectivity index (χ2v) is 12.2. The number of esters is 2. The molecule has 3 heterocycles. The minimum atomic E-state index is -1.76. The van der Waals surface area contributed by atoms with Crippen LogP contribution in [0.2, 0.25) is 0 Å². The maximum absolute atomic E-state index is 13.7. The number of benzene rings is 4. The van der Waals surface area contributed by atoms with Crippen LogP contribution < -0.4 is 14.8 Å². The summed E-state index contributed by atoms with van der Waals surface area (Å²) in [5, 5.41) is 14.4. The summed E-state index contributed by atoms with van der Waals surface area (Å²) >= 11 is 0. The largest absolute Gasteiger partial charge is 0.489 e. The summed E-state index contributed by atoms with van der Waals surface area (Å²) < 4.78 is 24.5. The van der Waals surface area contributed by atoms with Crippen molar-refractivity contribution in [1.82, 2.24) is 10.2 Å². The Morgan fingerprint density at radius 1 is 0.796 bits per heavy atom. The Kier molecular flexibility index (Phi) is 9.40. The van der Waals surface area contributed by atoms with Crippen LogP contribution in [0.5, 0.6) is 11.5 Å². The molecule has 3 aliphatic heterocycles. The summed E-state index contributed by atoms with van der Waals surface area (Å²) in [7, 11) is 0. The first kappa shape index (κ1) is 32.1. The van der Waals surface area contributed by atoms with Crippen LogP contribution in [0.3, 0.4) is 0 Å². The number of para-hydroxylation sites is 1. The van der Waals surface area contributed by atoms with E-state index < -0.39 is 42.2 Å². The molecule has 0 unspecified atom stereocenters. The zero-order chi connectivity index (χ0) is 33.7. The number of hydrogen-bond donors (Lipinski definition) is 2. The van der Waals surface area contributed by atoms with E-state index in [0.29, 0.717) is 47.7 Å². The number of amides is 1. The van der Waals surface area contributed by atoms with Gasteiger partial charge in [0.1, 0.15) is 36.9 Å². The molecule has 0 aromatic heterocycles. The Bertz CT molecular complexity index is 1850. The van der Waals surface area contributed by atoms with E-state index in [4.69, 9.17) is 18.9 Å². The lowest BCUT2D eigenvalue weighted by molar-refractivity contribution is -0.160. The molecule has 10 heteroatoms. The smallest absolute Gasteiger partial charge is 0.338 e. The van der Waals surface area contributed by atoms with Gasteiger partial charge in [-0.3, -0.25) is 9.69 Å². The predicted molar refractivity (Wildman–Crippen MR) is 179 cm³/mol. The lowest BCUT2D eigenvalue weighted by Crippen LogP contribution is -2.42. The predicted octanol–water partition coefficient (Wildman–Crippen LogP) is 4.94. The number of carbonyl (C=O) groups excluding carboxylic acids is 3. The molecule has 3 aliphatic rings. The summed E-state index contributed by atoms with van der Waals surface area (Å²) in [5.74, 6) is -0.839. The number of carbonyl (C=O) groups is 3. The highest BCUT2D eigenvalue weighted by atomic mass is 16.6. The molecule has 4 aromatic rings. The Morgan fingerprint density at radius 3 is 2.20 bits per heavy atom. The molecule has 1 fully saturated rings. The number of nitrogens with one attached hydrogen (secondary N) is 1. The second kappa shape index (κ2) is 14.3. The van der Waals surface area contributed by atoms with E-state index in [0.717, 1.165) is 11.1 Å². The molecule has 7 rings (SSSR count). The third-order valence-electron chi connectivity index (χ3n) is 9.07. The summed E-state index contributed by atoms with van der Waals surface area (Å²) in [5.41, 5.74) is 2.93. The quantitative estimate of drug-likeness (QED) is 0.231. The number of ether oxygens (including phenoxy) is 4. The van der Waals surface area contributed by atoms with Crippen LogP contribution in [0.1, 0.15) is 56.0 Å². The average molecular weight is 661 g/mol. The zero-order valence-electron chi connectivity index (χ0n) is 26.6. The van der Waals surface area contributed by atoms with Gasteiger partial charge in [0.15, 0.2) is 6.10 Å². The van der Waals surface area contributed by atoms with E-state index in [1.807, 2.05) is 30.3 Å². The lowest BCUT2D eigenvalue weighted by Gasteiger charge is -2.38. The van der Waals surface area contributed by atoms with Gasteiger partial charge in [0.2, 0.25) is 0 Å². The van der Waals surface area contributed by atoms with E-state index in [9.17, 15) is 19.5 Å². The van der Waals surface area contributed by atoms with Gasteiger partial charge >= 0.3 is 11.9 Å². The maximum Gasteiger partial charge on any atom is 0.338 e. The third-order valence-corrected chi connectivity index (χ3v) is 9.07. The van der Waals surface area contributed by atoms with Gasteiger partial charge in [0.05, 0.1) is 17.6 Å². The minimum Gasteiger partial charge on any atom is -0.489 e. The first-order chi connectivity index (χ1) is 24.0. The number of nitrogens with zero attached hydrogens (tertiary/aromatic N) is 1. The fourth-order valence-corrected chi connectivity index (χ4v) is 6.75. The maximum atomic E-state index is 13.7. The first-order valence-electron chi connectivity index (χ1n) is 16.3. The monoisotopic (exact) mass is 660 g/mol. The third kappa shape index (κ3) is 6.92. The normalized spacial score (nSPS) is 24.2. The van der Waals surface area contributed by atoms with Gasteiger partial charge in [0, 0.05) is 36.2 Å². The molecule has 250 valence electrons. The molecule has 49 heavy (non-hydrogen) atoms. The van der Waals surface area contributed by atoms with Crippen LogP contribution >= 0.6 is 0 Å². The lowest BCUT2D eigenvalue weighted by atomic mass is 9.90. The summed E-state index contributed by atoms with van der Waals surface area (Å²) in [4.78, 5) is 42.6. The summed E-state index contributed by atoms with van der Waals surface area (Å²) in [6.45, 7) is 1.28. The Hall–Kier alpha value is -5.45. The van der Waals surface area contributed by atoms with E-state index in [-0.39, 0.29) is 19.3 Å². The van der Waals surface area contributed by atoms with Crippen LogP contribution in [0.15, 0.2) is 115 Å². The zero-order valence-corrected chi connectivity index (χ0v) is 26.6. The molecule has 0 radical (unpaired) electrons. The van der Waals surface area contributed by atoms with Gasteiger partial charge in [0.25, 0.3) is 5.91 Å². The topological polar surface area (TPSA) is 124 Å². The van der Waals surface area contributed by atoms with Gasteiger partial charge in [-0.15, -0.1) is 0 Å². The summed E-state index contributed by atoms with van der Waals surface area (Å²) in [6.07, 6.45) is 0.888. The molecule has 1 amide bonds. The Labute approximate surface area is 283 Å². The minimum absolute atomic E-state index is 0.156. The number of hydrogen-bond acceptors (Lipinski definition) is 9. The molecule has 1 saturated heterocycles. The summed E-state index contributed by atoms with van der Waals surface area (Å²) in [6, 6.07) is 28.5. The SMILES string of the molecule is O=C(N[C@H]1c2ccccc2OC/C=C/COc2cccc3c2[C@H](OC(=O)c2ccccc2)[C@@H]2C[C@@H](CN2C3)OC(=O)[C@@H]1O)c1ccccc1. The van der Waals surface area contributed by atoms with Crippen LogP contribution in [-0.2, 0) is 20.8 Å². The fraction of sp³-hybridized carbons (Fsp3) is 0.256. The standard InChI is InChI=1S/C39H36N2O8/c42-35-34(40-37(43)25-12-3-1-4-13-25)29-17-7-8-18-31(29)46-20-9-10-21-47-32-19-11-16-27-23-41-24-28(48-39(35)45)22-30(41)36(33(27)32)49-38(44)26-14-5-2-6-15-26/h1-19,28,30,34-36,42H,20-24H2,(H,40,43)/b10-9+/t28-,30-,34-,35+,36+/m0/s1. The molecule has 3 bridgehead atoms. The molecule has 4 aromatic carbocycles. The molecule has 2 N–H and O–H groups in total. The molecule has 5 atom stereocenters. The van der Waals surface area contributed by atoms with Crippen molar-refractivity contribution in [3.05, 3.63) is 143 Å². The number of aliphatic hydroxyl groups excluding tert-OH is 1. The molecule has 10 nitrogen and oxygen atoms in total. The van der Waals surface area contributed by atoms with Gasteiger partial charge in [-0.2, -0.15) is 0 Å². The van der Waals surface area contributed by atoms with Crippen molar-refractivity contribution in [3.63, 3.8) is 0 Å². The molecule has 0 spiro atoms. The van der Waals surface area contributed by atoms with Crippen molar-refractivity contribution < 1.29 is 38.4 Å². The second-order valence-electron chi connectivity index (χ2n) is 12.2. The average Bonchev–Trinajstić information content (AvgIpc) is 3.54. The van der Waals surface area contributed by atoms with E-state index in [1.165, 1.54) is 0 Å². The van der Waals surface area contributed by atoms with E-state index >= 15 is 0 Å². The van der Waals surface area contributed by atoms with Gasteiger partial charge < -0.3 is 29.4 Å². The van der Waals surface area contributed by atoms with Crippen LogP contribution in [0, 0.1) is 0 Å². The number of fused-ring (bicyclic) bond motifs is 2. The Balaban J connectivity index is 1.22. The van der Waals surface area contributed by atoms with Crippen molar-refractivity contribution in [2.24, 2.45) is 0 Å². The molecular weight excluding hydrogens is 624 g/mol. The van der Waals surface area contributed by atoms with Gasteiger partial charge in [-0.25, -0.2) is 9.59 Å². The van der Waals surface area contributed by atoms with Crippen molar-refractivity contribution in [3.8, 4) is 11.5 Å². The highest BCUT2D eigenvalue weighted by Gasteiger charge is 2.47. The van der Waals surface area contributed by atoms with Gasteiger partial charge in [-0.05, 0) is 54.1 Å². The van der Waals surface area contributed by atoms with Crippen LogP contribution in [-0.4, -0.2) is 65.9 Å². The van der Waals surface area contributed by atoms with Crippen molar-refractivity contribution >= 4 is 17.8 Å². The van der Waals surface area contributed by atoms with Crippen molar-refractivity contribution in [2.45, 2.75) is 43.4 Å². The Morgan fingerprint density at radius 2 is 1.45 bits per heavy atom. The highest BCUT2D eigenvalue weighted by molar-refractivity contribution is 5.95. The number of rotatable bonds is 4. The van der Waals surface area contributed by atoms with E-state index in [2.05, 4.69) is 10.2 Å². The fourth-order valence-electron chi connectivity index (χ4n) is 6.75. The first-order valence-corrected chi connectivity index (χ1v) is 16.3. The van der Waals surface area contributed by atoms with Gasteiger partial charge in [-0.1, -0.05) is 66.7 Å². The molecule has 0 saturated carbocycles. The highest BCUT2D eigenvalue weighted by Crippen LogP contribution is 2.45. The van der Waals surface area contributed by atoms with Crippen molar-refractivity contribution in [1.29, 1.82) is 0 Å². The number of aliphatic hydroxyl groups is 1. The molecular formula is C39H36N2O8. The van der Waals surface area contributed by atoms with Crippen molar-refractivity contribution in [2.75, 3.05) is 19.8 Å². The van der Waals surface area contributed by atoms with Crippen LogP contribution in [0.4, 0.5) is 0 Å².